The van der Waals surface area contributed by atoms with Crippen molar-refractivity contribution in [1.29, 1.82) is 0 Å². The van der Waals surface area contributed by atoms with Crippen LogP contribution in [0.15, 0.2) is 24.3 Å². The summed E-state index contributed by atoms with van der Waals surface area (Å²) in [7, 11) is 0. The molecule has 1 atom stereocenters. The molecule has 0 heterocycles. The molecule has 0 saturated heterocycles. The van der Waals surface area contributed by atoms with Crippen molar-refractivity contribution in [1.82, 2.24) is 0 Å². The van der Waals surface area contributed by atoms with E-state index >= 15 is 0 Å². The number of hydrogen-bond acceptors (Lipinski definition) is 2. The highest BCUT2D eigenvalue weighted by Crippen LogP contribution is 2.08. The highest BCUT2D eigenvalue weighted by atomic mass is 16.5. The van der Waals surface area contributed by atoms with Crippen LogP contribution in [0.3, 0.4) is 0 Å². The Morgan fingerprint density at radius 1 is 1.20 bits per heavy atom. The molecule has 0 amide bonds. The molecule has 0 aliphatic rings. The summed E-state index contributed by atoms with van der Waals surface area (Å²) in [4.78, 5) is 0. The quantitative estimate of drug-likeness (QED) is 0.778. The minimum atomic E-state index is 0.341. The van der Waals surface area contributed by atoms with Gasteiger partial charge in [0.1, 0.15) is 0 Å². The molecule has 1 rings (SSSR count). The summed E-state index contributed by atoms with van der Waals surface area (Å²) in [5.41, 5.74) is 8.02. The van der Waals surface area contributed by atoms with Gasteiger partial charge in [0.05, 0.1) is 12.7 Å². The van der Waals surface area contributed by atoms with Gasteiger partial charge in [0, 0.05) is 0 Å². The van der Waals surface area contributed by atoms with Crippen LogP contribution in [-0.2, 0) is 17.8 Å². The minimum Gasteiger partial charge on any atom is -0.374 e. The molecule has 15 heavy (non-hydrogen) atoms. The zero-order chi connectivity index (χ0) is 11.1. The number of hydrogen-bond donors (Lipinski definition) is 1. The molecule has 0 radical (unpaired) electrons. The van der Waals surface area contributed by atoms with E-state index in [-0.39, 0.29) is 0 Å². The zero-order valence-electron chi connectivity index (χ0n) is 9.70. The van der Waals surface area contributed by atoms with Crippen molar-refractivity contribution >= 4 is 0 Å². The van der Waals surface area contributed by atoms with Crippen LogP contribution in [0.2, 0.25) is 0 Å². The second-order valence-electron chi connectivity index (χ2n) is 3.89. The fraction of sp³-hybridized carbons (Fsp3) is 0.538. The van der Waals surface area contributed by atoms with Crippen LogP contribution in [0.1, 0.15) is 31.4 Å². The maximum absolute atomic E-state index is 5.65. The van der Waals surface area contributed by atoms with E-state index in [1.165, 1.54) is 11.1 Å². The molecule has 84 valence electrons. The lowest BCUT2D eigenvalue weighted by molar-refractivity contribution is 0.0508. The molecule has 1 aromatic carbocycles. The van der Waals surface area contributed by atoms with Gasteiger partial charge in [-0.25, -0.2) is 0 Å². The molecular formula is C13H21NO. The Hall–Kier alpha value is -0.860. The highest BCUT2D eigenvalue weighted by molar-refractivity contribution is 5.22. The predicted octanol–water partition coefficient (Wildman–Crippen LogP) is 2.50. The molecule has 0 aliphatic heterocycles. The van der Waals surface area contributed by atoms with Gasteiger partial charge in [-0.05, 0) is 37.4 Å². The maximum atomic E-state index is 5.65. The van der Waals surface area contributed by atoms with E-state index in [4.69, 9.17) is 10.5 Å². The van der Waals surface area contributed by atoms with Crippen LogP contribution >= 0.6 is 0 Å². The van der Waals surface area contributed by atoms with Crippen LogP contribution in [-0.4, -0.2) is 12.6 Å². The summed E-state index contributed by atoms with van der Waals surface area (Å²) in [5.74, 6) is 0. The molecule has 2 N–H and O–H groups in total. The van der Waals surface area contributed by atoms with Crippen molar-refractivity contribution in [3.05, 3.63) is 35.4 Å². The molecule has 0 aromatic heterocycles. The summed E-state index contributed by atoms with van der Waals surface area (Å²) in [6.07, 6.45) is 2.35. The van der Waals surface area contributed by atoms with Crippen molar-refractivity contribution in [2.45, 2.75) is 39.4 Å². The molecule has 1 aromatic rings. The summed E-state index contributed by atoms with van der Waals surface area (Å²) in [5, 5.41) is 0. The average Bonchev–Trinajstić information content (AvgIpc) is 2.28. The Kier molecular flexibility index (Phi) is 5.37. The Morgan fingerprint density at radius 2 is 1.80 bits per heavy atom. The van der Waals surface area contributed by atoms with E-state index in [1.54, 1.807) is 0 Å². The first-order chi connectivity index (χ1) is 7.26. The summed E-state index contributed by atoms with van der Waals surface area (Å²) in [6, 6.07) is 8.49. The van der Waals surface area contributed by atoms with Crippen LogP contribution in [0, 0.1) is 0 Å². The molecular weight excluding hydrogens is 186 g/mol. The molecule has 0 fully saturated rings. The van der Waals surface area contributed by atoms with E-state index in [2.05, 4.69) is 38.1 Å². The van der Waals surface area contributed by atoms with Gasteiger partial charge >= 0.3 is 0 Å². The molecule has 1 unspecified atom stereocenters. The standard InChI is InChI=1S/C13H21NO/c1-3-11(2)15-10-13-6-4-12(5-7-13)8-9-14/h4-7,11H,3,8-10,14H2,1-2H3. The van der Waals surface area contributed by atoms with Crippen molar-refractivity contribution in [3.8, 4) is 0 Å². The lowest BCUT2D eigenvalue weighted by Crippen LogP contribution is -2.06. The number of benzene rings is 1. The normalized spacial score (nSPS) is 12.7. The van der Waals surface area contributed by atoms with E-state index in [9.17, 15) is 0 Å². The van der Waals surface area contributed by atoms with Crippen LogP contribution in [0.5, 0.6) is 0 Å². The van der Waals surface area contributed by atoms with Crippen molar-refractivity contribution in [2.24, 2.45) is 5.73 Å². The average molecular weight is 207 g/mol. The third-order valence-corrected chi connectivity index (χ3v) is 2.57. The van der Waals surface area contributed by atoms with Crippen LogP contribution in [0.4, 0.5) is 0 Å². The van der Waals surface area contributed by atoms with E-state index < -0.39 is 0 Å². The van der Waals surface area contributed by atoms with E-state index in [0.29, 0.717) is 19.3 Å². The molecule has 0 bridgehead atoms. The third kappa shape index (κ3) is 4.45. The smallest absolute Gasteiger partial charge is 0.0720 e. The fourth-order valence-electron chi connectivity index (χ4n) is 1.33. The summed E-state index contributed by atoms with van der Waals surface area (Å²) < 4.78 is 5.65. The van der Waals surface area contributed by atoms with Gasteiger partial charge in [0.25, 0.3) is 0 Å². The number of rotatable bonds is 6. The minimum absolute atomic E-state index is 0.341. The third-order valence-electron chi connectivity index (χ3n) is 2.57. The highest BCUT2D eigenvalue weighted by Gasteiger charge is 1.99. The van der Waals surface area contributed by atoms with Crippen molar-refractivity contribution in [3.63, 3.8) is 0 Å². The first-order valence-corrected chi connectivity index (χ1v) is 5.65. The Morgan fingerprint density at radius 3 is 2.33 bits per heavy atom. The van der Waals surface area contributed by atoms with Crippen LogP contribution < -0.4 is 5.73 Å². The topological polar surface area (TPSA) is 35.2 Å². The Bertz CT molecular complexity index is 268. The lowest BCUT2D eigenvalue weighted by Gasteiger charge is -2.10. The molecule has 0 saturated carbocycles. The van der Waals surface area contributed by atoms with E-state index in [1.807, 2.05) is 0 Å². The van der Waals surface area contributed by atoms with Crippen molar-refractivity contribution in [2.75, 3.05) is 6.54 Å². The van der Waals surface area contributed by atoms with Gasteiger partial charge < -0.3 is 10.5 Å². The predicted molar refractivity (Wildman–Crippen MR) is 63.7 cm³/mol. The summed E-state index contributed by atoms with van der Waals surface area (Å²) in [6.45, 7) is 5.65. The Balaban J connectivity index is 2.42. The molecule has 0 aliphatic carbocycles. The number of nitrogens with two attached hydrogens (primary N) is 1. The second kappa shape index (κ2) is 6.59. The monoisotopic (exact) mass is 207 g/mol. The molecule has 2 nitrogen and oxygen atoms in total. The molecule has 2 heteroatoms. The fourth-order valence-corrected chi connectivity index (χ4v) is 1.33. The largest absolute Gasteiger partial charge is 0.374 e. The van der Waals surface area contributed by atoms with Gasteiger partial charge in [-0.2, -0.15) is 0 Å². The van der Waals surface area contributed by atoms with Crippen LogP contribution in [0.25, 0.3) is 0 Å². The SMILES string of the molecule is CCC(C)OCc1ccc(CCN)cc1. The van der Waals surface area contributed by atoms with E-state index in [0.717, 1.165) is 12.8 Å². The Labute approximate surface area is 92.4 Å². The lowest BCUT2D eigenvalue weighted by atomic mass is 10.1. The second-order valence-corrected chi connectivity index (χ2v) is 3.89. The first kappa shape index (κ1) is 12.2. The van der Waals surface area contributed by atoms with Crippen molar-refractivity contribution < 1.29 is 4.74 Å². The molecule has 0 spiro atoms. The first-order valence-electron chi connectivity index (χ1n) is 5.65. The zero-order valence-corrected chi connectivity index (χ0v) is 9.70. The number of ether oxygens (including phenoxy) is 1. The van der Waals surface area contributed by atoms with Gasteiger partial charge in [-0.15, -0.1) is 0 Å². The summed E-state index contributed by atoms with van der Waals surface area (Å²) >= 11 is 0. The maximum Gasteiger partial charge on any atom is 0.0720 e. The van der Waals surface area contributed by atoms with Gasteiger partial charge in [-0.3, -0.25) is 0 Å². The van der Waals surface area contributed by atoms with Gasteiger partial charge in [0.2, 0.25) is 0 Å². The van der Waals surface area contributed by atoms with Gasteiger partial charge in [-0.1, -0.05) is 31.2 Å². The van der Waals surface area contributed by atoms with Gasteiger partial charge in [0.15, 0.2) is 0 Å².